The van der Waals surface area contributed by atoms with E-state index < -0.39 is 0 Å². The Morgan fingerprint density at radius 3 is 2.04 bits per heavy atom. The first-order valence-electron chi connectivity index (χ1n) is 16.4. The van der Waals surface area contributed by atoms with E-state index >= 15 is 0 Å². The third kappa shape index (κ3) is 3.73. The fraction of sp³-hybridized carbons (Fsp3) is 0.0667. The van der Waals surface area contributed by atoms with Crippen LogP contribution in [0.4, 0.5) is 0 Å². The summed E-state index contributed by atoms with van der Waals surface area (Å²) >= 11 is 0. The molecule has 0 bridgehead atoms. The number of aromatic nitrogens is 1. The van der Waals surface area contributed by atoms with Crippen LogP contribution in [0.3, 0.4) is 0 Å². The second kappa shape index (κ2) is 9.57. The smallest absolute Gasteiger partial charge is 0.143 e. The van der Waals surface area contributed by atoms with Gasteiger partial charge in [-0.1, -0.05) is 123 Å². The standard InChI is InChI=1S/C45H31NO/c1-45(2)39-21-6-3-16-33(39)37-26-38-34-17-4-7-22-41(34)46(42(38)27-40(37)45)31-15-10-13-29(25-31)28-12-9-14-30(24-28)32-19-11-20-36-35-18-5-8-23-43(35)47-44(32)36/h3-27H,1-2H3. The van der Waals surface area contributed by atoms with Crippen molar-refractivity contribution >= 4 is 43.7 Å². The summed E-state index contributed by atoms with van der Waals surface area (Å²) in [6, 6.07) is 55.1. The van der Waals surface area contributed by atoms with Crippen molar-refractivity contribution in [3.63, 3.8) is 0 Å². The van der Waals surface area contributed by atoms with Gasteiger partial charge in [-0.3, -0.25) is 0 Å². The Balaban J connectivity index is 1.14. The lowest BCUT2D eigenvalue weighted by Gasteiger charge is -2.21. The lowest BCUT2D eigenvalue weighted by molar-refractivity contribution is 0.661. The molecule has 0 fully saturated rings. The summed E-state index contributed by atoms with van der Waals surface area (Å²) in [5.41, 5.74) is 15.5. The van der Waals surface area contributed by atoms with E-state index in [1.165, 1.54) is 55.2 Å². The molecule has 222 valence electrons. The number of furan rings is 1. The topological polar surface area (TPSA) is 18.1 Å². The molecule has 9 aromatic rings. The van der Waals surface area contributed by atoms with E-state index in [1.807, 2.05) is 12.1 Å². The molecule has 2 heteroatoms. The van der Waals surface area contributed by atoms with Gasteiger partial charge in [0.15, 0.2) is 0 Å². The first kappa shape index (κ1) is 26.4. The normalized spacial score (nSPS) is 13.5. The SMILES string of the molecule is CC1(C)c2ccccc2-c2cc3c4ccccc4n(-c4cccc(-c5cccc(-c6cccc7c6oc6ccccc67)c5)c4)c3cc21. The van der Waals surface area contributed by atoms with Crippen LogP contribution in [0.25, 0.3) is 82.8 Å². The Kier molecular flexibility index (Phi) is 5.37. The maximum Gasteiger partial charge on any atom is 0.143 e. The highest BCUT2D eigenvalue weighted by Crippen LogP contribution is 2.51. The number of hydrogen-bond acceptors (Lipinski definition) is 1. The number of nitrogens with zero attached hydrogens (tertiary/aromatic N) is 1. The molecule has 0 spiro atoms. The van der Waals surface area contributed by atoms with Crippen molar-refractivity contribution < 1.29 is 4.42 Å². The summed E-state index contributed by atoms with van der Waals surface area (Å²) in [6.07, 6.45) is 0. The van der Waals surface area contributed by atoms with E-state index in [9.17, 15) is 0 Å². The van der Waals surface area contributed by atoms with Crippen LogP contribution in [-0.4, -0.2) is 4.57 Å². The molecule has 0 saturated carbocycles. The summed E-state index contributed by atoms with van der Waals surface area (Å²) in [5, 5.41) is 4.86. The van der Waals surface area contributed by atoms with Crippen LogP contribution in [0.1, 0.15) is 25.0 Å². The van der Waals surface area contributed by atoms with Gasteiger partial charge in [0.05, 0.1) is 11.0 Å². The Bertz CT molecular complexity index is 2720. The summed E-state index contributed by atoms with van der Waals surface area (Å²) in [6.45, 7) is 4.71. The van der Waals surface area contributed by atoms with E-state index in [1.54, 1.807) is 0 Å². The predicted molar refractivity (Wildman–Crippen MR) is 196 cm³/mol. The zero-order chi connectivity index (χ0) is 31.3. The van der Waals surface area contributed by atoms with Crippen molar-refractivity contribution in [3.8, 4) is 39.1 Å². The lowest BCUT2D eigenvalue weighted by Crippen LogP contribution is -2.14. The zero-order valence-electron chi connectivity index (χ0n) is 26.3. The second-order valence-corrected chi connectivity index (χ2v) is 13.3. The van der Waals surface area contributed by atoms with Gasteiger partial charge in [-0.2, -0.15) is 0 Å². The fourth-order valence-corrected chi connectivity index (χ4v) is 8.11. The average molecular weight is 602 g/mol. The molecule has 2 nitrogen and oxygen atoms in total. The molecular formula is C45H31NO. The molecule has 0 radical (unpaired) electrons. The first-order chi connectivity index (χ1) is 23.1. The molecule has 0 unspecified atom stereocenters. The Morgan fingerprint density at radius 1 is 0.447 bits per heavy atom. The van der Waals surface area contributed by atoms with E-state index in [2.05, 4.69) is 158 Å². The van der Waals surface area contributed by atoms with Crippen molar-refractivity contribution in [1.29, 1.82) is 0 Å². The average Bonchev–Trinajstić information content (AvgIpc) is 3.73. The fourth-order valence-electron chi connectivity index (χ4n) is 8.11. The molecule has 10 rings (SSSR count). The number of benzene rings is 7. The van der Waals surface area contributed by atoms with Crippen molar-refractivity contribution in [3.05, 3.63) is 163 Å². The summed E-state index contributed by atoms with van der Waals surface area (Å²) in [4.78, 5) is 0. The van der Waals surface area contributed by atoms with Crippen LogP contribution in [0, 0.1) is 0 Å². The number of hydrogen-bond donors (Lipinski definition) is 0. The van der Waals surface area contributed by atoms with E-state index in [0.717, 1.165) is 38.8 Å². The lowest BCUT2D eigenvalue weighted by atomic mass is 9.82. The van der Waals surface area contributed by atoms with Crippen LogP contribution >= 0.6 is 0 Å². The van der Waals surface area contributed by atoms with Gasteiger partial charge in [-0.15, -0.1) is 0 Å². The van der Waals surface area contributed by atoms with Crippen LogP contribution in [0.15, 0.2) is 156 Å². The highest BCUT2D eigenvalue weighted by molar-refractivity contribution is 6.12. The molecule has 47 heavy (non-hydrogen) atoms. The monoisotopic (exact) mass is 601 g/mol. The van der Waals surface area contributed by atoms with Gasteiger partial charge in [-0.25, -0.2) is 0 Å². The van der Waals surface area contributed by atoms with Gasteiger partial charge in [0.2, 0.25) is 0 Å². The molecule has 2 aromatic heterocycles. The van der Waals surface area contributed by atoms with Crippen LogP contribution < -0.4 is 0 Å². The van der Waals surface area contributed by atoms with Crippen molar-refractivity contribution in [2.75, 3.05) is 0 Å². The van der Waals surface area contributed by atoms with E-state index in [4.69, 9.17) is 4.42 Å². The van der Waals surface area contributed by atoms with Crippen molar-refractivity contribution in [1.82, 2.24) is 4.57 Å². The molecule has 0 N–H and O–H groups in total. The van der Waals surface area contributed by atoms with Crippen LogP contribution in [0.2, 0.25) is 0 Å². The van der Waals surface area contributed by atoms with Gasteiger partial charge >= 0.3 is 0 Å². The van der Waals surface area contributed by atoms with Gasteiger partial charge < -0.3 is 8.98 Å². The zero-order valence-corrected chi connectivity index (χ0v) is 26.3. The maximum absolute atomic E-state index is 6.40. The number of rotatable bonds is 3. The van der Waals surface area contributed by atoms with Gasteiger partial charge in [0.1, 0.15) is 11.2 Å². The van der Waals surface area contributed by atoms with Crippen LogP contribution in [0.5, 0.6) is 0 Å². The Hall–Kier alpha value is -5.86. The minimum atomic E-state index is -0.0631. The van der Waals surface area contributed by atoms with Crippen molar-refractivity contribution in [2.24, 2.45) is 0 Å². The minimum Gasteiger partial charge on any atom is -0.455 e. The molecular weight excluding hydrogens is 571 g/mol. The molecule has 2 heterocycles. The van der Waals surface area contributed by atoms with Crippen LogP contribution in [-0.2, 0) is 5.41 Å². The third-order valence-corrected chi connectivity index (χ3v) is 10.4. The highest BCUT2D eigenvalue weighted by Gasteiger charge is 2.36. The van der Waals surface area contributed by atoms with Crippen molar-refractivity contribution in [2.45, 2.75) is 19.3 Å². The van der Waals surface area contributed by atoms with Gasteiger partial charge in [0.25, 0.3) is 0 Å². The first-order valence-corrected chi connectivity index (χ1v) is 16.4. The largest absolute Gasteiger partial charge is 0.455 e. The third-order valence-electron chi connectivity index (χ3n) is 10.4. The van der Waals surface area contributed by atoms with E-state index in [-0.39, 0.29) is 5.41 Å². The minimum absolute atomic E-state index is 0.0631. The Labute approximate surface area is 273 Å². The van der Waals surface area contributed by atoms with Gasteiger partial charge in [0, 0.05) is 38.2 Å². The molecule has 1 aliphatic carbocycles. The highest BCUT2D eigenvalue weighted by atomic mass is 16.3. The molecule has 0 amide bonds. The predicted octanol–water partition coefficient (Wildman–Crippen LogP) is 12.3. The second-order valence-electron chi connectivity index (χ2n) is 13.3. The molecule has 1 aliphatic rings. The van der Waals surface area contributed by atoms with E-state index in [0.29, 0.717) is 0 Å². The molecule has 0 aliphatic heterocycles. The summed E-state index contributed by atoms with van der Waals surface area (Å²) in [5.74, 6) is 0. The molecule has 0 atom stereocenters. The summed E-state index contributed by atoms with van der Waals surface area (Å²) < 4.78 is 8.85. The number of fused-ring (bicyclic) bond motifs is 9. The Morgan fingerprint density at radius 2 is 1.13 bits per heavy atom. The molecule has 7 aromatic carbocycles. The number of para-hydroxylation sites is 3. The molecule has 0 saturated heterocycles. The summed E-state index contributed by atoms with van der Waals surface area (Å²) in [7, 11) is 0. The van der Waals surface area contributed by atoms with Gasteiger partial charge in [-0.05, 0) is 81.4 Å². The quantitative estimate of drug-likeness (QED) is 0.197. The maximum atomic E-state index is 6.40.